The zero-order valence-corrected chi connectivity index (χ0v) is 64.2. The molecule has 0 unspecified atom stereocenters. The third kappa shape index (κ3) is 22.5. The van der Waals surface area contributed by atoms with E-state index >= 15 is 0 Å². The summed E-state index contributed by atoms with van der Waals surface area (Å²) in [5.41, 5.74) is 12.2. The van der Waals surface area contributed by atoms with Crippen LogP contribution in [0.5, 0.6) is 0 Å². The van der Waals surface area contributed by atoms with Gasteiger partial charge in [-0.2, -0.15) is 7.05 Å². The van der Waals surface area contributed by atoms with E-state index in [9.17, 15) is 59.4 Å². The van der Waals surface area contributed by atoms with E-state index in [2.05, 4.69) is 24.8 Å². The Morgan fingerprint density at radius 1 is 0.551 bits per heavy atom. The number of carbonyl (C=O) groups is 5. The molecule has 0 aromatic heterocycles. The van der Waals surface area contributed by atoms with Crippen molar-refractivity contribution in [3.05, 3.63) is 160 Å². The number of fused-ring (bicyclic) bond motifs is 3. The predicted molar refractivity (Wildman–Crippen MR) is 327 cm³/mol. The molecule has 472 valence electrons. The quantitative estimate of drug-likeness (QED) is 0.0916. The van der Waals surface area contributed by atoms with Crippen LogP contribution in [0.2, 0.25) is 0 Å². The first kappa shape index (κ1) is 77.8. The molecule has 0 bridgehead atoms. The van der Waals surface area contributed by atoms with E-state index in [0.29, 0.717) is 19.5 Å². The van der Waals surface area contributed by atoms with E-state index in [4.69, 9.17) is 15.2 Å². The molecule has 3 amide bonds. The summed E-state index contributed by atoms with van der Waals surface area (Å²) in [6.07, 6.45) is -0.679. The monoisotopic (exact) mass is 1430 g/mol. The Bertz CT molecular complexity index is 3520. The molecule has 1 aliphatic carbocycles. The first-order valence-electron chi connectivity index (χ1n) is 28.2. The smallest absolute Gasteiger partial charge is 0.680 e. The van der Waals surface area contributed by atoms with E-state index in [-0.39, 0.29) is 200 Å². The van der Waals surface area contributed by atoms with Gasteiger partial charge in [-0.3, -0.25) is 9.59 Å². The molecule has 9 rings (SSSR count). The molecule has 3 heterocycles. The number of amides is 3. The summed E-state index contributed by atoms with van der Waals surface area (Å²) < 4.78 is 94.4. The van der Waals surface area contributed by atoms with Crippen LogP contribution in [-0.2, 0) is 53.9 Å². The number of nitrogens with one attached hydrogen (secondary N) is 5. The Balaban J connectivity index is 0.000000290. The second-order valence-corrected chi connectivity index (χ2v) is 27.8. The third-order valence-corrected chi connectivity index (χ3v) is 19.3. The molecule has 7 N–H and O–H groups in total. The Morgan fingerprint density at radius 2 is 0.910 bits per heavy atom. The summed E-state index contributed by atoms with van der Waals surface area (Å²) in [7, 11) is -8.57. The van der Waals surface area contributed by atoms with Gasteiger partial charge in [0.1, 0.15) is 12.2 Å². The minimum atomic E-state index is -3.89. The van der Waals surface area contributed by atoms with Crippen molar-refractivity contribution in [3.8, 4) is 11.1 Å². The maximum Gasteiger partial charge on any atom is 1.00 e. The minimum absolute atomic E-state index is 0. The summed E-state index contributed by atoms with van der Waals surface area (Å²) >= 11 is 0. The maximum atomic E-state index is 13.1. The molecule has 0 saturated carbocycles. The van der Waals surface area contributed by atoms with Crippen LogP contribution < -0.4 is 136 Å². The van der Waals surface area contributed by atoms with Crippen LogP contribution in [0.15, 0.2) is 136 Å². The molecule has 4 aliphatic rings. The van der Waals surface area contributed by atoms with Gasteiger partial charge in [-0.05, 0) is 119 Å². The average molecular weight is 1430 g/mol. The van der Waals surface area contributed by atoms with Crippen LogP contribution in [0.3, 0.4) is 0 Å². The van der Waals surface area contributed by atoms with Crippen molar-refractivity contribution in [2.75, 3.05) is 60.0 Å². The molecule has 5 aromatic rings. The van der Waals surface area contributed by atoms with Gasteiger partial charge in [-0.1, -0.05) is 102 Å². The standard InChI is InChI=1S/C28H28N2O6S.C18H26N2O6S.C14H21N3O3S.CH4N.2Rb/c1-18-10-12-21(13-11-18)37(34,35)29-20-14-19(27(31)32)15-30(16-20)28(33)36-17-26-24-8-4-2-6-22(24)23-7-3-5-9-25(23)26;1-12-5-7-15(8-6-12)27(24,25)19-14-9-13(16(21)22)10-20(11-14)17(23)26-18(2,3)4;1-10-3-5-13(6-4-10)21(19,20)17-12-7-11(8-16-9-12)14(18)15-2;1-2;;/h2-13,19-20,26,29H,14-17H2,1H3,(H,31,32);5-8,13-14,19H,9-11H2,1-4H3,(H,21,22);3-6,11-12,16-17H,7-9H2,1-2H3,(H,15,18);2H,1H3;;/q;;;-1;2*+1/p-1/t19-,20+;13-,14+;11-,12+;;;/m000.../s1. The number of carboxylic acids is 2. The Labute approximate surface area is 620 Å². The first-order valence-corrected chi connectivity index (χ1v) is 32.6. The number of likely N-dealkylation sites (tertiary alicyclic amines) is 2. The van der Waals surface area contributed by atoms with Gasteiger partial charge in [0.05, 0.1) is 32.4 Å². The first-order chi connectivity index (χ1) is 41.0. The minimum Gasteiger partial charge on any atom is -0.680 e. The number of aliphatic carboxylic acids is 2. The number of benzene rings is 5. The third-order valence-electron chi connectivity index (χ3n) is 14.7. The van der Waals surface area contributed by atoms with Crippen LogP contribution in [0.1, 0.15) is 73.8 Å². The molecular weight excluding hydrogens is 1350 g/mol. The van der Waals surface area contributed by atoms with E-state index in [1.165, 1.54) is 48.2 Å². The summed E-state index contributed by atoms with van der Waals surface area (Å²) in [6.45, 7) is 11.9. The number of ether oxygens (including phenoxy) is 2. The molecule has 5 aromatic carbocycles. The van der Waals surface area contributed by atoms with Crippen LogP contribution in [0.4, 0.5) is 9.59 Å². The number of sulfonamides is 3. The number of piperidine rings is 3. The van der Waals surface area contributed by atoms with Crippen molar-refractivity contribution in [2.24, 2.45) is 17.8 Å². The second kappa shape index (κ2) is 35.0. The number of hydrogen-bond donors (Lipinski definition) is 6. The number of aryl methyl sites for hydroxylation is 3. The molecule has 0 radical (unpaired) electrons. The number of carboxylic acid groups (broad SMARTS) is 2. The summed E-state index contributed by atoms with van der Waals surface area (Å²) in [5.74, 6) is -4.56. The molecule has 0 spiro atoms. The van der Waals surface area contributed by atoms with Crippen molar-refractivity contribution in [1.29, 1.82) is 0 Å². The predicted octanol–water partition coefficient (Wildman–Crippen LogP) is 1.44. The molecular formula is C61H78N8O15Rb2S3. The normalized spacial score (nSPS) is 19.8. The van der Waals surface area contributed by atoms with Crippen molar-refractivity contribution in [3.63, 3.8) is 0 Å². The fraction of sp³-hybridized carbons (Fsp3) is 0.426. The van der Waals surface area contributed by atoms with Crippen molar-refractivity contribution < 1.29 is 185 Å². The molecule has 6 atom stereocenters. The van der Waals surface area contributed by atoms with Gasteiger partial charge in [0.2, 0.25) is 30.1 Å². The zero-order valence-electron chi connectivity index (χ0n) is 51.9. The van der Waals surface area contributed by atoms with Crippen LogP contribution in [0, 0.1) is 38.5 Å². The Hall–Kier alpha value is -3.69. The van der Waals surface area contributed by atoms with Crippen LogP contribution in [-0.4, -0.2) is 159 Å². The van der Waals surface area contributed by atoms with Gasteiger partial charge < -0.3 is 50.6 Å². The molecule has 3 aliphatic heterocycles. The van der Waals surface area contributed by atoms with E-state index in [0.717, 1.165) is 38.9 Å². The fourth-order valence-electron chi connectivity index (χ4n) is 10.5. The van der Waals surface area contributed by atoms with Crippen molar-refractivity contribution in [2.45, 2.75) is 105 Å². The molecule has 3 fully saturated rings. The second-order valence-electron chi connectivity index (χ2n) is 22.7. The molecule has 3 saturated heterocycles. The van der Waals surface area contributed by atoms with Gasteiger partial charge in [-0.15, -0.1) is 7.05 Å². The SMILES string of the molecule is C[N-]C(=O)[C@@H]1CNC[C@H](NS(=O)(=O)c2ccc(C)cc2)C1.C[NH-].Cc1ccc(S(=O)(=O)N[C@@H]2C[C@H](C(=O)O)CN(C(=O)OC(C)(C)C)C2)cc1.Cc1ccc(S(=O)(=O)N[C@@H]2C[C@H](C(=O)O)CN(C(=O)OCC3c4ccccc4-c4ccccc43)C2)cc1.[Rb+].[Rb+]. The van der Waals surface area contributed by atoms with Gasteiger partial charge in [0, 0.05) is 69.2 Å². The number of hydrogen-bond acceptors (Lipinski definition) is 14. The van der Waals surface area contributed by atoms with E-state index in [1.54, 1.807) is 69.3 Å². The largest absolute Gasteiger partial charge is 1.00 e. The average Bonchev–Trinajstić information content (AvgIpc) is 2.48. The summed E-state index contributed by atoms with van der Waals surface area (Å²) in [5, 5.41) is 25.8. The van der Waals surface area contributed by atoms with Crippen LogP contribution >= 0.6 is 0 Å². The maximum absolute atomic E-state index is 13.1. The number of carbonyl (C=O) groups excluding carboxylic acids is 3. The molecule has 23 nitrogen and oxygen atoms in total. The van der Waals surface area contributed by atoms with Crippen molar-refractivity contribution in [1.82, 2.24) is 29.3 Å². The Kier molecular flexibility index (Phi) is 30.6. The molecule has 28 heteroatoms. The van der Waals surface area contributed by atoms with Gasteiger partial charge >= 0.3 is 141 Å². The van der Waals surface area contributed by atoms with E-state index < -0.39 is 83.7 Å². The van der Waals surface area contributed by atoms with Gasteiger partial charge in [0.25, 0.3) is 0 Å². The topological polar surface area (TPSA) is 339 Å². The summed E-state index contributed by atoms with van der Waals surface area (Å²) in [4.78, 5) is 63.3. The van der Waals surface area contributed by atoms with E-state index in [1.807, 2.05) is 69.3 Å². The zero-order chi connectivity index (χ0) is 64.0. The molecule has 89 heavy (non-hydrogen) atoms. The number of nitrogens with zero attached hydrogens (tertiary/aromatic N) is 3. The van der Waals surface area contributed by atoms with Gasteiger partial charge in [-0.25, -0.2) is 49.0 Å². The fourth-order valence-corrected chi connectivity index (χ4v) is 14.2. The van der Waals surface area contributed by atoms with Crippen molar-refractivity contribution >= 4 is 60.1 Å². The number of rotatable bonds is 14. The van der Waals surface area contributed by atoms with Gasteiger partial charge in [0.15, 0.2) is 0 Å². The van der Waals surface area contributed by atoms with Crippen LogP contribution in [0.25, 0.3) is 22.2 Å². The summed E-state index contributed by atoms with van der Waals surface area (Å²) in [6, 6.07) is 33.6. The Morgan fingerprint density at radius 3 is 1.28 bits per heavy atom.